The van der Waals surface area contributed by atoms with Crippen LogP contribution >= 0.6 is 9.24 Å². The van der Waals surface area contributed by atoms with Crippen molar-refractivity contribution in [3.05, 3.63) is 42.0 Å². The third-order valence-electron chi connectivity index (χ3n) is 2.67. The van der Waals surface area contributed by atoms with Crippen LogP contribution in [0.4, 0.5) is 0 Å². The molecule has 0 saturated heterocycles. The van der Waals surface area contributed by atoms with Crippen LogP contribution < -0.4 is 5.30 Å². The summed E-state index contributed by atoms with van der Waals surface area (Å²) < 4.78 is 0. The maximum Gasteiger partial charge on any atom is 0.0434 e. The molecule has 0 spiro atoms. The van der Waals surface area contributed by atoms with Crippen LogP contribution in [-0.2, 0) is 6.42 Å². The Morgan fingerprint density at radius 3 is 2.67 bits per heavy atom. The van der Waals surface area contributed by atoms with Gasteiger partial charge in [0.15, 0.2) is 0 Å². The van der Waals surface area contributed by atoms with Gasteiger partial charge in [-0.25, -0.2) is 0 Å². The molecule has 0 amide bonds. The van der Waals surface area contributed by atoms with Crippen LogP contribution in [0.3, 0.4) is 0 Å². The number of aliphatic hydroxyl groups is 1. The van der Waals surface area contributed by atoms with Crippen molar-refractivity contribution in [3.8, 4) is 0 Å². The Kier molecular flexibility index (Phi) is 3.35. The average Bonchev–Trinajstić information content (AvgIpc) is 2.29. The second-order valence-electron chi connectivity index (χ2n) is 3.69. The number of benzene rings is 2. The molecule has 0 fully saturated rings. The van der Waals surface area contributed by atoms with Gasteiger partial charge in [-0.15, -0.1) is 9.24 Å². The van der Waals surface area contributed by atoms with Crippen molar-refractivity contribution in [3.63, 3.8) is 0 Å². The van der Waals surface area contributed by atoms with E-state index >= 15 is 0 Å². The molecule has 1 N–H and O–H groups in total. The topological polar surface area (TPSA) is 20.2 Å². The molecule has 78 valence electrons. The first-order valence-corrected chi connectivity index (χ1v) is 5.77. The zero-order chi connectivity index (χ0) is 10.7. The number of hydrogen-bond donors (Lipinski definition) is 1. The highest BCUT2D eigenvalue weighted by Crippen LogP contribution is 2.17. The van der Waals surface area contributed by atoms with Crippen molar-refractivity contribution in [1.82, 2.24) is 0 Å². The van der Waals surface area contributed by atoms with Gasteiger partial charge in [-0.05, 0) is 34.5 Å². The van der Waals surface area contributed by atoms with Crippen molar-refractivity contribution in [1.29, 1.82) is 0 Å². The molecule has 15 heavy (non-hydrogen) atoms. The van der Waals surface area contributed by atoms with Gasteiger partial charge in [0.1, 0.15) is 0 Å². The van der Waals surface area contributed by atoms with Crippen molar-refractivity contribution in [2.75, 3.05) is 6.61 Å². The third kappa shape index (κ3) is 2.19. The number of rotatable bonds is 3. The first-order valence-electron chi connectivity index (χ1n) is 5.20. The molecule has 0 aromatic heterocycles. The maximum absolute atomic E-state index is 8.82. The zero-order valence-electron chi connectivity index (χ0n) is 8.61. The summed E-state index contributed by atoms with van der Waals surface area (Å²) in [5.74, 6) is 0. The summed E-state index contributed by atoms with van der Waals surface area (Å²) in [5.41, 5.74) is 1.31. The Hall–Kier alpha value is -0.910. The highest BCUT2D eigenvalue weighted by atomic mass is 31.0. The molecule has 0 aliphatic rings. The van der Waals surface area contributed by atoms with E-state index in [2.05, 4.69) is 45.6 Å². The molecule has 2 heteroatoms. The lowest BCUT2D eigenvalue weighted by molar-refractivity contribution is 0.288. The van der Waals surface area contributed by atoms with Gasteiger partial charge in [0.05, 0.1) is 0 Å². The lowest BCUT2D eigenvalue weighted by Gasteiger charge is -2.08. The van der Waals surface area contributed by atoms with Crippen LogP contribution in [0, 0.1) is 0 Å². The summed E-state index contributed by atoms with van der Waals surface area (Å²) in [6.07, 6.45) is 1.78. The van der Waals surface area contributed by atoms with Gasteiger partial charge >= 0.3 is 0 Å². The first kappa shape index (κ1) is 10.6. The Morgan fingerprint density at radius 2 is 1.87 bits per heavy atom. The summed E-state index contributed by atoms with van der Waals surface area (Å²) in [6, 6.07) is 12.7. The first-order chi connectivity index (χ1) is 7.33. The number of aliphatic hydroxyl groups excluding tert-OH is 1. The van der Waals surface area contributed by atoms with Crippen LogP contribution in [0.15, 0.2) is 36.4 Å². The van der Waals surface area contributed by atoms with Crippen LogP contribution in [-0.4, -0.2) is 11.7 Å². The summed E-state index contributed by atoms with van der Waals surface area (Å²) in [6.45, 7) is 0.261. The van der Waals surface area contributed by atoms with E-state index in [-0.39, 0.29) is 6.61 Å². The number of aryl methyl sites for hydroxylation is 1. The average molecular weight is 218 g/mol. The van der Waals surface area contributed by atoms with Gasteiger partial charge in [-0.1, -0.05) is 36.4 Å². The molecular formula is C13H15OP. The van der Waals surface area contributed by atoms with Gasteiger partial charge in [0.2, 0.25) is 0 Å². The largest absolute Gasteiger partial charge is 0.396 e. The maximum atomic E-state index is 8.82. The standard InChI is InChI=1S/C13H15OP/c14-9-3-5-11-8-7-10-4-1-2-6-12(10)13(11)15/h1-2,4,6-8,14H,3,5,9,15H2. The highest BCUT2D eigenvalue weighted by molar-refractivity contribution is 7.28. The van der Waals surface area contributed by atoms with E-state index in [1.807, 2.05) is 0 Å². The normalized spacial score (nSPS) is 10.8. The molecule has 1 unspecified atom stereocenters. The molecule has 1 nitrogen and oxygen atoms in total. The van der Waals surface area contributed by atoms with E-state index < -0.39 is 0 Å². The SMILES string of the molecule is OCCCc1ccc2ccccc2c1P. The molecule has 0 radical (unpaired) electrons. The molecule has 0 aliphatic heterocycles. The molecule has 0 saturated carbocycles. The van der Waals surface area contributed by atoms with E-state index in [4.69, 9.17) is 5.11 Å². The van der Waals surface area contributed by atoms with E-state index in [1.165, 1.54) is 21.6 Å². The van der Waals surface area contributed by atoms with Crippen molar-refractivity contribution in [2.24, 2.45) is 0 Å². The van der Waals surface area contributed by atoms with Gasteiger partial charge in [0.25, 0.3) is 0 Å². The van der Waals surface area contributed by atoms with E-state index in [9.17, 15) is 0 Å². The van der Waals surface area contributed by atoms with Gasteiger partial charge in [0, 0.05) is 6.61 Å². The minimum absolute atomic E-state index is 0.261. The lowest BCUT2D eigenvalue weighted by atomic mass is 10.0. The Morgan fingerprint density at radius 1 is 1.07 bits per heavy atom. The molecule has 1 atom stereocenters. The predicted octanol–water partition coefficient (Wildman–Crippen LogP) is 2.27. The molecule has 2 aromatic rings. The molecule has 0 bridgehead atoms. The van der Waals surface area contributed by atoms with Crippen molar-refractivity contribution < 1.29 is 5.11 Å². The van der Waals surface area contributed by atoms with Crippen LogP contribution in [0.2, 0.25) is 0 Å². The van der Waals surface area contributed by atoms with E-state index in [1.54, 1.807) is 0 Å². The Balaban J connectivity index is 2.45. The molecule has 0 aliphatic carbocycles. The number of hydrogen-bond acceptors (Lipinski definition) is 1. The molecule has 2 rings (SSSR count). The third-order valence-corrected chi connectivity index (χ3v) is 3.35. The summed E-state index contributed by atoms with van der Waals surface area (Å²) in [5, 5.41) is 12.7. The zero-order valence-corrected chi connectivity index (χ0v) is 9.76. The van der Waals surface area contributed by atoms with E-state index in [0.29, 0.717) is 0 Å². The summed E-state index contributed by atoms with van der Waals surface area (Å²) >= 11 is 0. The fraction of sp³-hybridized carbons (Fsp3) is 0.231. The quantitative estimate of drug-likeness (QED) is 0.783. The number of fused-ring (bicyclic) bond motifs is 1. The van der Waals surface area contributed by atoms with Crippen LogP contribution in [0.5, 0.6) is 0 Å². The fourth-order valence-corrected chi connectivity index (χ4v) is 2.33. The molecular weight excluding hydrogens is 203 g/mol. The van der Waals surface area contributed by atoms with E-state index in [0.717, 1.165) is 12.8 Å². The van der Waals surface area contributed by atoms with Gasteiger partial charge in [-0.3, -0.25) is 0 Å². The minimum atomic E-state index is 0.261. The van der Waals surface area contributed by atoms with Gasteiger partial charge in [-0.2, -0.15) is 0 Å². The second kappa shape index (κ2) is 4.74. The predicted molar refractivity (Wildman–Crippen MR) is 68.7 cm³/mol. The van der Waals surface area contributed by atoms with Crippen LogP contribution in [0.25, 0.3) is 10.8 Å². The Labute approximate surface area is 92.3 Å². The lowest BCUT2D eigenvalue weighted by Crippen LogP contribution is -2.04. The van der Waals surface area contributed by atoms with Crippen molar-refractivity contribution in [2.45, 2.75) is 12.8 Å². The molecule has 2 aromatic carbocycles. The Bertz CT molecular complexity index is 465. The van der Waals surface area contributed by atoms with Gasteiger partial charge < -0.3 is 5.11 Å². The highest BCUT2D eigenvalue weighted by Gasteiger charge is 2.02. The second-order valence-corrected chi connectivity index (χ2v) is 4.26. The smallest absolute Gasteiger partial charge is 0.0434 e. The molecule has 0 heterocycles. The minimum Gasteiger partial charge on any atom is -0.396 e. The van der Waals surface area contributed by atoms with Crippen molar-refractivity contribution >= 4 is 25.3 Å². The summed E-state index contributed by atoms with van der Waals surface area (Å²) in [7, 11) is 2.81. The summed E-state index contributed by atoms with van der Waals surface area (Å²) in [4.78, 5) is 0. The monoisotopic (exact) mass is 218 g/mol. The fourth-order valence-electron chi connectivity index (χ4n) is 1.83. The van der Waals surface area contributed by atoms with Crippen LogP contribution in [0.1, 0.15) is 12.0 Å².